The number of hydrogen-bond donors (Lipinski definition) is 1. The van der Waals surface area contributed by atoms with E-state index in [2.05, 4.69) is 26.3 Å². The predicted molar refractivity (Wildman–Crippen MR) is 100 cm³/mol. The van der Waals surface area contributed by atoms with Crippen molar-refractivity contribution in [2.75, 3.05) is 11.9 Å². The number of nitrogens with zero attached hydrogens (tertiary/aromatic N) is 4. The number of nitro benzene ring substituents is 1. The SMILES string of the molecule is Cc1ccc(CCNc2cc(C)nc(-c3ccc([N+](=O)[O-])cc3)n2)cn1. The van der Waals surface area contributed by atoms with Crippen LogP contribution in [0.2, 0.25) is 0 Å². The molecule has 26 heavy (non-hydrogen) atoms. The molecule has 0 atom stereocenters. The Morgan fingerprint density at radius 2 is 1.81 bits per heavy atom. The summed E-state index contributed by atoms with van der Waals surface area (Å²) in [7, 11) is 0. The van der Waals surface area contributed by atoms with Gasteiger partial charge in [0, 0.05) is 47.9 Å². The van der Waals surface area contributed by atoms with Gasteiger partial charge in [-0.25, -0.2) is 9.97 Å². The Balaban J connectivity index is 1.70. The van der Waals surface area contributed by atoms with Crippen molar-refractivity contribution in [2.45, 2.75) is 20.3 Å². The topological polar surface area (TPSA) is 93.8 Å². The van der Waals surface area contributed by atoms with Gasteiger partial charge >= 0.3 is 0 Å². The highest BCUT2D eigenvalue weighted by Gasteiger charge is 2.09. The molecular formula is C19H19N5O2. The van der Waals surface area contributed by atoms with Gasteiger partial charge in [-0.15, -0.1) is 0 Å². The molecule has 1 N–H and O–H groups in total. The fourth-order valence-corrected chi connectivity index (χ4v) is 2.50. The van der Waals surface area contributed by atoms with Gasteiger partial charge in [0.05, 0.1) is 4.92 Å². The van der Waals surface area contributed by atoms with Crippen molar-refractivity contribution in [3.63, 3.8) is 0 Å². The number of rotatable bonds is 6. The lowest BCUT2D eigenvalue weighted by Crippen LogP contribution is -2.08. The molecule has 0 aliphatic heterocycles. The van der Waals surface area contributed by atoms with Gasteiger partial charge in [-0.1, -0.05) is 6.07 Å². The quantitative estimate of drug-likeness (QED) is 0.538. The average Bonchev–Trinajstić information content (AvgIpc) is 2.63. The van der Waals surface area contributed by atoms with Crippen LogP contribution in [0.15, 0.2) is 48.7 Å². The van der Waals surface area contributed by atoms with Crippen LogP contribution in [0.4, 0.5) is 11.5 Å². The third-order valence-corrected chi connectivity index (χ3v) is 3.88. The van der Waals surface area contributed by atoms with Crippen molar-refractivity contribution in [1.29, 1.82) is 0 Å². The molecule has 7 heteroatoms. The molecule has 0 saturated heterocycles. The number of hydrogen-bond acceptors (Lipinski definition) is 6. The number of benzene rings is 1. The second-order valence-electron chi connectivity index (χ2n) is 6.01. The molecule has 0 aliphatic rings. The molecule has 3 rings (SSSR count). The fraction of sp³-hybridized carbons (Fsp3) is 0.211. The molecule has 0 unspecified atom stereocenters. The second kappa shape index (κ2) is 7.69. The van der Waals surface area contributed by atoms with Crippen LogP contribution in [0.1, 0.15) is 17.0 Å². The lowest BCUT2D eigenvalue weighted by molar-refractivity contribution is -0.384. The Morgan fingerprint density at radius 3 is 2.46 bits per heavy atom. The van der Waals surface area contributed by atoms with Crippen LogP contribution in [-0.2, 0) is 6.42 Å². The molecular weight excluding hydrogens is 330 g/mol. The Hall–Kier alpha value is -3.35. The summed E-state index contributed by atoms with van der Waals surface area (Å²) in [6.07, 6.45) is 2.72. The molecule has 0 amide bonds. The van der Waals surface area contributed by atoms with Gasteiger partial charge in [0.15, 0.2) is 5.82 Å². The number of aryl methyl sites for hydroxylation is 2. The van der Waals surface area contributed by atoms with E-state index in [4.69, 9.17) is 0 Å². The average molecular weight is 349 g/mol. The van der Waals surface area contributed by atoms with Crippen molar-refractivity contribution >= 4 is 11.5 Å². The van der Waals surface area contributed by atoms with Crippen molar-refractivity contribution in [2.24, 2.45) is 0 Å². The van der Waals surface area contributed by atoms with Crippen LogP contribution in [0.25, 0.3) is 11.4 Å². The highest BCUT2D eigenvalue weighted by molar-refractivity contribution is 5.59. The van der Waals surface area contributed by atoms with Crippen LogP contribution in [0, 0.1) is 24.0 Å². The number of non-ortho nitro benzene ring substituents is 1. The Bertz CT molecular complexity index is 908. The van der Waals surface area contributed by atoms with Gasteiger partial charge < -0.3 is 5.32 Å². The van der Waals surface area contributed by atoms with Gasteiger partial charge in [-0.2, -0.15) is 0 Å². The summed E-state index contributed by atoms with van der Waals surface area (Å²) in [6, 6.07) is 12.2. The van der Waals surface area contributed by atoms with Gasteiger partial charge in [-0.3, -0.25) is 15.1 Å². The van der Waals surface area contributed by atoms with E-state index < -0.39 is 4.92 Å². The van der Waals surface area contributed by atoms with Gasteiger partial charge in [-0.05, 0) is 44.0 Å². The van der Waals surface area contributed by atoms with Gasteiger partial charge in [0.25, 0.3) is 5.69 Å². The molecule has 2 aromatic heterocycles. The molecule has 0 bridgehead atoms. The first-order valence-electron chi connectivity index (χ1n) is 8.27. The minimum absolute atomic E-state index is 0.0476. The predicted octanol–water partition coefficient (Wildman–Crippen LogP) is 3.72. The summed E-state index contributed by atoms with van der Waals surface area (Å²) in [5.41, 5.74) is 3.77. The maximum atomic E-state index is 10.8. The fourth-order valence-electron chi connectivity index (χ4n) is 2.50. The highest BCUT2D eigenvalue weighted by Crippen LogP contribution is 2.21. The van der Waals surface area contributed by atoms with Crippen molar-refractivity contribution in [1.82, 2.24) is 15.0 Å². The van der Waals surface area contributed by atoms with Crippen LogP contribution >= 0.6 is 0 Å². The van der Waals surface area contributed by atoms with E-state index in [1.165, 1.54) is 12.1 Å². The molecule has 0 spiro atoms. The van der Waals surface area contributed by atoms with Crippen molar-refractivity contribution in [3.8, 4) is 11.4 Å². The molecule has 3 aromatic rings. The number of nitro groups is 1. The molecule has 7 nitrogen and oxygen atoms in total. The zero-order valence-corrected chi connectivity index (χ0v) is 14.6. The minimum atomic E-state index is -0.423. The normalized spacial score (nSPS) is 10.5. The van der Waals surface area contributed by atoms with E-state index in [1.807, 2.05) is 32.2 Å². The second-order valence-corrected chi connectivity index (χ2v) is 6.01. The highest BCUT2D eigenvalue weighted by atomic mass is 16.6. The Labute approximate surface area is 151 Å². The van der Waals surface area contributed by atoms with Crippen LogP contribution in [-0.4, -0.2) is 26.4 Å². The number of nitrogens with one attached hydrogen (secondary N) is 1. The van der Waals surface area contributed by atoms with E-state index >= 15 is 0 Å². The summed E-state index contributed by atoms with van der Waals surface area (Å²) < 4.78 is 0. The Morgan fingerprint density at radius 1 is 1.04 bits per heavy atom. The molecule has 0 saturated carbocycles. The molecule has 132 valence electrons. The summed E-state index contributed by atoms with van der Waals surface area (Å²) >= 11 is 0. The van der Waals surface area contributed by atoms with E-state index in [9.17, 15) is 10.1 Å². The molecule has 0 fully saturated rings. The van der Waals surface area contributed by atoms with Gasteiger partial charge in [0.1, 0.15) is 5.82 Å². The molecule has 0 aliphatic carbocycles. The van der Waals surface area contributed by atoms with Crippen LogP contribution in [0.3, 0.4) is 0 Å². The van der Waals surface area contributed by atoms with E-state index in [1.54, 1.807) is 12.1 Å². The first-order valence-corrected chi connectivity index (χ1v) is 8.27. The molecule has 0 radical (unpaired) electrons. The summed E-state index contributed by atoms with van der Waals surface area (Å²) in [5.74, 6) is 1.27. The van der Waals surface area contributed by atoms with Crippen LogP contribution < -0.4 is 5.32 Å². The van der Waals surface area contributed by atoms with E-state index in [0.29, 0.717) is 5.82 Å². The van der Waals surface area contributed by atoms with Crippen molar-refractivity contribution < 1.29 is 4.92 Å². The van der Waals surface area contributed by atoms with Crippen LogP contribution in [0.5, 0.6) is 0 Å². The molecule has 1 aromatic carbocycles. The number of aromatic nitrogens is 3. The maximum absolute atomic E-state index is 10.8. The minimum Gasteiger partial charge on any atom is -0.370 e. The third kappa shape index (κ3) is 4.38. The first kappa shape index (κ1) is 17.5. The lowest BCUT2D eigenvalue weighted by atomic mass is 10.2. The zero-order valence-electron chi connectivity index (χ0n) is 14.6. The number of pyridine rings is 1. The smallest absolute Gasteiger partial charge is 0.269 e. The molecule has 2 heterocycles. The van der Waals surface area contributed by atoms with Crippen molar-refractivity contribution in [3.05, 3.63) is 75.7 Å². The van der Waals surface area contributed by atoms with E-state index in [-0.39, 0.29) is 5.69 Å². The van der Waals surface area contributed by atoms with Gasteiger partial charge in [0.2, 0.25) is 0 Å². The monoisotopic (exact) mass is 349 g/mol. The standard InChI is InChI=1S/C19H19N5O2/c1-13-3-4-15(12-21-13)9-10-20-18-11-14(2)22-19(23-18)16-5-7-17(8-6-16)24(25)26/h3-8,11-12H,9-10H2,1-2H3,(H,20,22,23). The number of anilines is 1. The third-order valence-electron chi connectivity index (χ3n) is 3.88. The Kier molecular flexibility index (Phi) is 5.17. The summed E-state index contributed by atoms with van der Waals surface area (Å²) in [4.78, 5) is 23.6. The summed E-state index contributed by atoms with van der Waals surface area (Å²) in [5, 5.41) is 14.1. The maximum Gasteiger partial charge on any atom is 0.269 e. The zero-order chi connectivity index (χ0) is 18.5. The largest absolute Gasteiger partial charge is 0.370 e. The summed E-state index contributed by atoms with van der Waals surface area (Å²) in [6.45, 7) is 4.58. The van der Waals surface area contributed by atoms with E-state index in [0.717, 1.165) is 41.3 Å². The lowest BCUT2D eigenvalue weighted by Gasteiger charge is -2.09. The first-order chi connectivity index (χ1) is 12.5.